The molecule has 2 aromatic rings. The predicted octanol–water partition coefficient (Wildman–Crippen LogP) is 2.53. The summed E-state index contributed by atoms with van der Waals surface area (Å²) in [5, 5.41) is 8.59. The number of benzene rings is 1. The van der Waals surface area contributed by atoms with Gasteiger partial charge in [0.25, 0.3) is 0 Å². The molecule has 1 fully saturated rings. The van der Waals surface area contributed by atoms with E-state index in [1.54, 1.807) is 0 Å². The number of hydrogen-bond donors (Lipinski definition) is 2. The van der Waals surface area contributed by atoms with E-state index in [4.69, 9.17) is 0 Å². The monoisotopic (exact) mass is 467 g/mol. The third-order valence-electron chi connectivity index (χ3n) is 4.35. The van der Waals surface area contributed by atoms with Crippen LogP contribution >= 0.6 is 24.0 Å². The summed E-state index contributed by atoms with van der Waals surface area (Å²) < 4.78 is 0. The van der Waals surface area contributed by atoms with Crippen LogP contribution in [0.4, 0.5) is 0 Å². The quantitative estimate of drug-likeness (QED) is 0.403. The lowest BCUT2D eigenvalue weighted by molar-refractivity contribution is -0.128. The normalized spacial score (nSPS) is 14.2. The van der Waals surface area contributed by atoms with Crippen LogP contribution in [-0.2, 0) is 11.3 Å². The highest BCUT2D eigenvalue weighted by Crippen LogP contribution is 2.16. The number of nitrogens with one attached hydrogen (secondary N) is 2. The lowest BCUT2D eigenvalue weighted by Gasteiger charge is -2.17. The molecule has 3 rings (SSSR count). The summed E-state index contributed by atoms with van der Waals surface area (Å²) in [5.74, 6) is 0.774. The van der Waals surface area contributed by atoms with Crippen LogP contribution in [0.25, 0.3) is 10.8 Å². The van der Waals surface area contributed by atoms with Crippen molar-refractivity contribution in [2.24, 2.45) is 4.99 Å². The molecule has 0 spiro atoms. The first-order valence-electron chi connectivity index (χ1n) is 8.90. The summed E-state index contributed by atoms with van der Waals surface area (Å²) in [6.45, 7) is 5.23. The number of hydrogen-bond acceptors (Lipinski definition) is 3. The Morgan fingerprint density at radius 3 is 2.73 bits per heavy atom. The molecule has 0 radical (unpaired) electrons. The van der Waals surface area contributed by atoms with Gasteiger partial charge in [-0.25, -0.2) is 4.99 Å². The van der Waals surface area contributed by atoms with E-state index in [2.05, 4.69) is 32.7 Å². The molecule has 0 saturated carbocycles. The molecule has 0 aliphatic carbocycles. The van der Waals surface area contributed by atoms with Crippen LogP contribution in [0.3, 0.4) is 0 Å². The Morgan fingerprint density at radius 2 is 1.96 bits per heavy atom. The second-order valence-electron chi connectivity index (χ2n) is 6.12. The number of rotatable bonds is 5. The number of guanidine groups is 1. The van der Waals surface area contributed by atoms with E-state index in [-0.39, 0.29) is 36.4 Å². The number of carbonyl (C=O) groups is 1. The minimum atomic E-state index is 0. The molecule has 2 N–H and O–H groups in total. The van der Waals surface area contributed by atoms with Gasteiger partial charge in [0, 0.05) is 31.2 Å². The smallest absolute Gasteiger partial charge is 0.241 e. The van der Waals surface area contributed by atoms with Gasteiger partial charge in [0.2, 0.25) is 5.91 Å². The Morgan fingerprint density at radius 1 is 1.19 bits per heavy atom. The van der Waals surface area contributed by atoms with Gasteiger partial charge in [-0.3, -0.25) is 9.78 Å². The molecule has 1 aliphatic rings. The lowest BCUT2D eigenvalue weighted by atomic mass is 10.1. The summed E-state index contributed by atoms with van der Waals surface area (Å²) in [4.78, 5) is 23.1. The van der Waals surface area contributed by atoms with E-state index >= 15 is 0 Å². The Bertz CT molecular complexity index is 753. The maximum absolute atomic E-state index is 12.2. The molecule has 1 aromatic carbocycles. The van der Waals surface area contributed by atoms with E-state index in [1.165, 1.54) is 0 Å². The highest BCUT2D eigenvalue weighted by molar-refractivity contribution is 14.0. The summed E-state index contributed by atoms with van der Waals surface area (Å²) in [5.41, 5.74) is 0.932. The van der Waals surface area contributed by atoms with Gasteiger partial charge >= 0.3 is 0 Å². The summed E-state index contributed by atoms with van der Waals surface area (Å²) in [6.07, 6.45) is 4.02. The molecule has 1 aromatic heterocycles. The molecule has 7 heteroatoms. The molecule has 6 nitrogen and oxygen atoms in total. The Balaban J connectivity index is 0.00000243. The Labute approximate surface area is 171 Å². The third-order valence-corrected chi connectivity index (χ3v) is 4.35. The van der Waals surface area contributed by atoms with Crippen LogP contribution in [0.2, 0.25) is 0 Å². The van der Waals surface area contributed by atoms with E-state index < -0.39 is 0 Å². The van der Waals surface area contributed by atoms with Crippen molar-refractivity contribution >= 4 is 46.6 Å². The lowest BCUT2D eigenvalue weighted by Crippen LogP contribution is -2.44. The number of fused-ring (bicyclic) bond motifs is 1. The molecule has 26 heavy (non-hydrogen) atoms. The number of amides is 1. The van der Waals surface area contributed by atoms with Crippen molar-refractivity contribution in [3.8, 4) is 0 Å². The second kappa shape index (κ2) is 10.3. The van der Waals surface area contributed by atoms with Crippen molar-refractivity contribution in [2.45, 2.75) is 26.3 Å². The minimum absolute atomic E-state index is 0. The molecule has 1 saturated heterocycles. The molecule has 0 bridgehead atoms. The zero-order chi connectivity index (χ0) is 17.5. The predicted molar refractivity (Wildman–Crippen MR) is 116 cm³/mol. The molecule has 1 aliphatic heterocycles. The minimum Gasteiger partial charge on any atom is -0.357 e. The molecular formula is C19H26IN5O. The van der Waals surface area contributed by atoms with Crippen LogP contribution in [0.15, 0.2) is 41.5 Å². The van der Waals surface area contributed by atoms with Gasteiger partial charge < -0.3 is 15.5 Å². The van der Waals surface area contributed by atoms with Gasteiger partial charge in [-0.2, -0.15) is 0 Å². The van der Waals surface area contributed by atoms with Crippen molar-refractivity contribution in [3.05, 3.63) is 42.2 Å². The second-order valence-corrected chi connectivity index (χ2v) is 6.12. The van der Waals surface area contributed by atoms with Gasteiger partial charge in [-0.05, 0) is 31.2 Å². The van der Waals surface area contributed by atoms with Gasteiger partial charge in [-0.1, -0.05) is 24.3 Å². The fourth-order valence-electron chi connectivity index (χ4n) is 3.04. The SMILES string of the molecule is CCNC(=NCc1nccc2ccccc12)NCC(=O)N1CCCC1.I. The van der Waals surface area contributed by atoms with Crippen molar-refractivity contribution < 1.29 is 4.79 Å². The van der Waals surface area contributed by atoms with Crippen LogP contribution in [-0.4, -0.2) is 47.9 Å². The average molecular weight is 467 g/mol. The maximum Gasteiger partial charge on any atom is 0.241 e. The summed E-state index contributed by atoms with van der Waals surface area (Å²) >= 11 is 0. The van der Waals surface area contributed by atoms with Gasteiger partial charge in [0.15, 0.2) is 5.96 Å². The fraction of sp³-hybridized carbons (Fsp3) is 0.421. The number of aliphatic imine (C=N–C) groups is 1. The van der Waals surface area contributed by atoms with Crippen LogP contribution in [0, 0.1) is 0 Å². The third kappa shape index (κ3) is 5.30. The standard InChI is InChI=1S/C19H25N5O.HI/c1-2-20-19(23-14-18(25)24-11-5-6-12-24)22-13-17-16-8-4-3-7-15(16)9-10-21-17;/h3-4,7-10H,2,5-6,11-14H2,1H3,(H2,20,22,23);1H. The van der Waals surface area contributed by atoms with Gasteiger partial charge in [-0.15, -0.1) is 24.0 Å². The largest absolute Gasteiger partial charge is 0.357 e. The van der Waals surface area contributed by atoms with Gasteiger partial charge in [0.1, 0.15) is 0 Å². The molecule has 2 heterocycles. The number of nitrogens with zero attached hydrogens (tertiary/aromatic N) is 3. The fourth-order valence-corrected chi connectivity index (χ4v) is 3.04. The zero-order valence-corrected chi connectivity index (χ0v) is 17.4. The summed E-state index contributed by atoms with van der Waals surface area (Å²) in [7, 11) is 0. The first kappa shape index (κ1) is 20.4. The number of aromatic nitrogens is 1. The summed E-state index contributed by atoms with van der Waals surface area (Å²) in [6, 6.07) is 10.2. The molecule has 0 unspecified atom stereocenters. The highest BCUT2D eigenvalue weighted by Gasteiger charge is 2.17. The molecular weight excluding hydrogens is 441 g/mol. The Hall–Kier alpha value is -1.90. The van der Waals surface area contributed by atoms with Crippen molar-refractivity contribution in [2.75, 3.05) is 26.2 Å². The average Bonchev–Trinajstić information content (AvgIpc) is 3.18. The first-order chi connectivity index (χ1) is 12.3. The van der Waals surface area contributed by atoms with E-state index in [9.17, 15) is 4.79 Å². The van der Waals surface area contributed by atoms with Crippen molar-refractivity contribution in [1.29, 1.82) is 0 Å². The number of pyridine rings is 1. The first-order valence-corrected chi connectivity index (χ1v) is 8.90. The van der Waals surface area contributed by atoms with Crippen LogP contribution in [0.1, 0.15) is 25.5 Å². The number of halogens is 1. The topological polar surface area (TPSA) is 69.6 Å². The van der Waals surface area contributed by atoms with E-state index in [0.29, 0.717) is 12.5 Å². The van der Waals surface area contributed by atoms with Crippen LogP contribution < -0.4 is 10.6 Å². The number of likely N-dealkylation sites (tertiary alicyclic amines) is 1. The number of carbonyl (C=O) groups excluding carboxylic acids is 1. The van der Waals surface area contributed by atoms with E-state index in [1.807, 2.05) is 36.2 Å². The van der Waals surface area contributed by atoms with Crippen molar-refractivity contribution in [1.82, 2.24) is 20.5 Å². The molecule has 140 valence electrons. The highest BCUT2D eigenvalue weighted by atomic mass is 127. The van der Waals surface area contributed by atoms with Crippen LogP contribution in [0.5, 0.6) is 0 Å². The van der Waals surface area contributed by atoms with Crippen molar-refractivity contribution in [3.63, 3.8) is 0 Å². The van der Waals surface area contributed by atoms with Gasteiger partial charge in [0.05, 0.1) is 18.8 Å². The molecule has 0 atom stereocenters. The Kier molecular flexibility index (Phi) is 8.08. The maximum atomic E-state index is 12.2. The zero-order valence-electron chi connectivity index (χ0n) is 15.1. The van der Waals surface area contributed by atoms with E-state index in [0.717, 1.165) is 48.9 Å². The molecule has 1 amide bonds.